The van der Waals surface area contributed by atoms with Crippen molar-refractivity contribution in [2.24, 2.45) is 0 Å². The minimum Gasteiger partial charge on any atom is -0.482 e. The SMILES string of the molecule is COCCNC(=O)/C(C#N)=C/c1ccc(OC(=O)COc2cccc(C)c2C)cc1. The van der Waals surface area contributed by atoms with Gasteiger partial charge >= 0.3 is 5.97 Å². The Morgan fingerprint density at radius 3 is 2.53 bits per heavy atom. The van der Waals surface area contributed by atoms with Gasteiger partial charge in [-0.05, 0) is 54.8 Å². The van der Waals surface area contributed by atoms with Crippen LogP contribution in [0, 0.1) is 25.2 Å². The molecular formula is C23H24N2O5. The van der Waals surface area contributed by atoms with Gasteiger partial charge in [0.1, 0.15) is 23.1 Å². The van der Waals surface area contributed by atoms with Crippen LogP contribution in [0.4, 0.5) is 0 Å². The van der Waals surface area contributed by atoms with Crippen molar-refractivity contribution >= 4 is 18.0 Å². The van der Waals surface area contributed by atoms with Crippen LogP contribution < -0.4 is 14.8 Å². The molecular weight excluding hydrogens is 384 g/mol. The van der Waals surface area contributed by atoms with Gasteiger partial charge in [-0.1, -0.05) is 24.3 Å². The van der Waals surface area contributed by atoms with Gasteiger partial charge in [0, 0.05) is 13.7 Å². The van der Waals surface area contributed by atoms with Gasteiger partial charge in [-0.2, -0.15) is 5.26 Å². The van der Waals surface area contributed by atoms with Crippen molar-refractivity contribution < 1.29 is 23.8 Å². The second-order valence-corrected chi connectivity index (χ2v) is 6.45. The Kier molecular flexibility index (Phi) is 8.60. The van der Waals surface area contributed by atoms with E-state index in [4.69, 9.17) is 14.2 Å². The molecule has 7 nitrogen and oxygen atoms in total. The predicted molar refractivity (Wildman–Crippen MR) is 112 cm³/mol. The average Bonchev–Trinajstić information content (AvgIpc) is 2.74. The summed E-state index contributed by atoms with van der Waals surface area (Å²) in [6.45, 7) is 4.35. The number of hydrogen-bond donors (Lipinski definition) is 1. The van der Waals surface area contributed by atoms with Crippen LogP contribution in [-0.2, 0) is 14.3 Å². The Morgan fingerprint density at radius 2 is 1.87 bits per heavy atom. The zero-order valence-electron chi connectivity index (χ0n) is 17.2. The lowest BCUT2D eigenvalue weighted by Crippen LogP contribution is -2.27. The third kappa shape index (κ3) is 6.76. The number of benzene rings is 2. The van der Waals surface area contributed by atoms with Gasteiger partial charge in [-0.25, -0.2) is 4.79 Å². The number of carbonyl (C=O) groups excluding carboxylic acids is 2. The number of amides is 1. The summed E-state index contributed by atoms with van der Waals surface area (Å²) >= 11 is 0. The van der Waals surface area contributed by atoms with Crippen molar-refractivity contribution in [3.05, 3.63) is 64.7 Å². The maximum Gasteiger partial charge on any atom is 0.349 e. The number of carbonyl (C=O) groups is 2. The minimum atomic E-state index is -0.533. The lowest BCUT2D eigenvalue weighted by molar-refractivity contribution is -0.136. The number of esters is 1. The average molecular weight is 408 g/mol. The van der Waals surface area contributed by atoms with Crippen molar-refractivity contribution in [2.45, 2.75) is 13.8 Å². The van der Waals surface area contributed by atoms with Crippen molar-refractivity contribution in [2.75, 3.05) is 26.9 Å². The number of nitrogens with zero attached hydrogens (tertiary/aromatic N) is 1. The number of nitriles is 1. The Morgan fingerprint density at radius 1 is 1.13 bits per heavy atom. The fourth-order valence-electron chi connectivity index (χ4n) is 2.49. The van der Waals surface area contributed by atoms with Crippen molar-refractivity contribution in [3.63, 3.8) is 0 Å². The van der Waals surface area contributed by atoms with E-state index in [-0.39, 0.29) is 12.2 Å². The first-order chi connectivity index (χ1) is 14.4. The highest BCUT2D eigenvalue weighted by atomic mass is 16.6. The first-order valence-corrected chi connectivity index (χ1v) is 9.33. The van der Waals surface area contributed by atoms with Crippen molar-refractivity contribution in [3.8, 4) is 17.6 Å². The summed E-state index contributed by atoms with van der Waals surface area (Å²) in [4.78, 5) is 24.0. The van der Waals surface area contributed by atoms with E-state index in [2.05, 4.69) is 5.32 Å². The van der Waals surface area contributed by atoms with Crippen LogP contribution in [0.2, 0.25) is 0 Å². The predicted octanol–water partition coefficient (Wildman–Crippen LogP) is 2.96. The van der Waals surface area contributed by atoms with Crippen LogP contribution in [-0.4, -0.2) is 38.7 Å². The molecule has 7 heteroatoms. The molecule has 156 valence electrons. The van der Waals surface area contributed by atoms with Gasteiger partial charge in [0.2, 0.25) is 0 Å². The molecule has 0 spiro atoms. The van der Waals surface area contributed by atoms with Gasteiger partial charge in [-0.15, -0.1) is 0 Å². The third-order valence-electron chi connectivity index (χ3n) is 4.28. The molecule has 30 heavy (non-hydrogen) atoms. The highest BCUT2D eigenvalue weighted by Crippen LogP contribution is 2.21. The monoisotopic (exact) mass is 408 g/mol. The van der Waals surface area contributed by atoms with Gasteiger partial charge in [0.05, 0.1) is 6.61 Å². The zero-order valence-corrected chi connectivity index (χ0v) is 17.2. The summed E-state index contributed by atoms with van der Waals surface area (Å²) in [5.74, 6) is -0.0342. The molecule has 2 aromatic rings. The highest BCUT2D eigenvalue weighted by Gasteiger charge is 2.10. The molecule has 0 aliphatic carbocycles. The van der Waals surface area contributed by atoms with Crippen molar-refractivity contribution in [1.82, 2.24) is 5.32 Å². The van der Waals surface area contributed by atoms with Crippen LogP contribution >= 0.6 is 0 Å². The smallest absolute Gasteiger partial charge is 0.349 e. The minimum absolute atomic E-state index is 0.0298. The summed E-state index contributed by atoms with van der Waals surface area (Å²) in [6.07, 6.45) is 1.46. The Balaban J connectivity index is 1.93. The highest BCUT2D eigenvalue weighted by molar-refractivity contribution is 6.01. The van der Waals surface area contributed by atoms with E-state index < -0.39 is 11.9 Å². The Bertz CT molecular complexity index is 959. The van der Waals surface area contributed by atoms with Crippen LogP contribution in [0.3, 0.4) is 0 Å². The largest absolute Gasteiger partial charge is 0.482 e. The molecule has 0 saturated heterocycles. The molecule has 0 bridgehead atoms. The number of ether oxygens (including phenoxy) is 3. The van der Waals surface area contributed by atoms with E-state index in [0.717, 1.165) is 11.1 Å². The van der Waals surface area contributed by atoms with Crippen LogP contribution in [0.1, 0.15) is 16.7 Å². The van der Waals surface area contributed by atoms with E-state index in [1.165, 1.54) is 13.2 Å². The summed E-state index contributed by atoms with van der Waals surface area (Å²) in [6, 6.07) is 14.0. The molecule has 1 N–H and O–H groups in total. The van der Waals surface area contributed by atoms with Gasteiger partial charge in [0.15, 0.2) is 6.61 Å². The van der Waals surface area contributed by atoms with Gasteiger partial charge in [-0.3, -0.25) is 4.79 Å². The molecule has 2 aromatic carbocycles. The molecule has 0 saturated carbocycles. The molecule has 0 unspecified atom stereocenters. The quantitative estimate of drug-likeness (QED) is 0.225. The van der Waals surface area contributed by atoms with Crippen molar-refractivity contribution in [1.29, 1.82) is 5.26 Å². The van der Waals surface area contributed by atoms with E-state index in [1.807, 2.05) is 32.0 Å². The maximum absolute atomic E-state index is 12.0. The normalized spacial score (nSPS) is 10.8. The summed E-state index contributed by atoms with van der Waals surface area (Å²) < 4.78 is 15.7. The van der Waals surface area contributed by atoms with E-state index in [1.54, 1.807) is 30.3 Å². The first kappa shape index (κ1) is 22.7. The molecule has 0 radical (unpaired) electrons. The van der Waals surface area contributed by atoms with Gasteiger partial charge in [0.25, 0.3) is 5.91 Å². The zero-order chi connectivity index (χ0) is 21.9. The summed E-state index contributed by atoms with van der Waals surface area (Å²) in [7, 11) is 1.53. The molecule has 0 fully saturated rings. The van der Waals surface area contributed by atoms with E-state index in [9.17, 15) is 14.9 Å². The number of aryl methyl sites for hydroxylation is 1. The van der Waals surface area contributed by atoms with Crippen LogP contribution in [0.25, 0.3) is 6.08 Å². The fraction of sp³-hybridized carbons (Fsp3) is 0.261. The fourth-order valence-corrected chi connectivity index (χ4v) is 2.49. The Hall–Kier alpha value is -3.63. The molecule has 2 rings (SSSR count). The first-order valence-electron chi connectivity index (χ1n) is 9.33. The number of methoxy groups -OCH3 is 1. The summed E-state index contributed by atoms with van der Waals surface area (Å²) in [5, 5.41) is 11.8. The molecule has 1 amide bonds. The third-order valence-corrected chi connectivity index (χ3v) is 4.28. The van der Waals surface area contributed by atoms with Gasteiger partial charge < -0.3 is 19.5 Å². The summed E-state index contributed by atoms with van der Waals surface area (Å²) in [5.41, 5.74) is 2.65. The molecule has 0 aliphatic rings. The maximum atomic E-state index is 12.0. The number of rotatable bonds is 9. The van der Waals surface area contributed by atoms with E-state index in [0.29, 0.717) is 30.2 Å². The molecule has 0 heterocycles. The van der Waals surface area contributed by atoms with Crippen LogP contribution in [0.15, 0.2) is 48.0 Å². The lowest BCUT2D eigenvalue weighted by atomic mass is 10.1. The number of hydrogen-bond acceptors (Lipinski definition) is 6. The Labute approximate surface area is 175 Å². The molecule has 0 aliphatic heterocycles. The second-order valence-electron chi connectivity index (χ2n) is 6.45. The van der Waals surface area contributed by atoms with Crippen LogP contribution in [0.5, 0.6) is 11.5 Å². The lowest BCUT2D eigenvalue weighted by Gasteiger charge is -2.10. The second kappa shape index (κ2) is 11.4. The molecule has 0 atom stereocenters. The topological polar surface area (TPSA) is 97.6 Å². The van der Waals surface area contributed by atoms with E-state index >= 15 is 0 Å². The number of nitrogens with one attached hydrogen (secondary N) is 1. The molecule has 0 aromatic heterocycles. The standard InChI is InChI=1S/C23H24N2O5/c1-16-5-4-6-21(17(16)2)29-15-22(26)30-20-9-7-18(8-10-20)13-19(14-24)23(27)25-11-12-28-3/h4-10,13H,11-12,15H2,1-3H3,(H,25,27)/b19-13+.